The highest BCUT2D eigenvalue weighted by Crippen LogP contribution is 2.18. The van der Waals surface area contributed by atoms with Crippen molar-refractivity contribution in [2.45, 2.75) is 25.3 Å². The number of benzene rings is 1. The molecule has 0 aromatic heterocycles. The van der Waals surface area contributed by atoms with Crippen LogP contribution >= 0.6 is 0 Å². The van der Waals surface area contributed by atoms with E-state index in [1.54, 1.807) is 0 Å². The van der Waals surface area contributed by atoms with Gasteiger partial charge in [0.05, 0.1) is 5.69 Å². The van der Waals surface area contributed by atoms with Gasteiger partial charge in [-0.3, -0.25) is 0 Å². The maximum atomic E-state index is 13.3. The van der Waals surface area contributed by atoms with E-state index in [1.807, 2.05) is 0 Å². The molecule has 0 radical (unpaired) electrons. The Balaban J connectivity index is 1.65. The summed E-state index contributed by atoms with van der Waals surface area (Å²) in [5.41, 5.74) is -0.0324. The molecule has 19 heavy (non-hydrogen) atoms. The molecular weight excluding hydrogens is 252 g/mol. The molecule has 1 aliphatic rings. The van der Waals surface area contributed by atoms with Crippen molar-refractivity contribution in [2.75, 3.05) is 18.4 Å². The molecule has 0 heterocycles. The third-order valence-corrected chi connectivity index (χ3v) is 2.83. The monoisotopic (exact) mass is 269 g/mol. The molecule has 0 atom stereocenters. The smallest absolute Gasteiger partial charge is 0.319 e. The zero-order valence-corrected chi connectivity index (χ0v) is 10.5. The van der Waals surface area contributed by atoms with Gasteiger partial charge in [0.2, 0.25) is 0 Å². The van der Waals surface area contributed by atoms with Crippen LogP contribution in [0.1, 0.15) is 19.3 Å². The van der Waals surface area contributed by atoms with Crippen molar-refractivity contribution in [2.24, 2.45) is 0 Å². The van der Waals surface area contributed by atoms with E-state index in [2.05, 4.69) is 16.0 Å². The van der Waals surface area contributed by atoms with Crippen LogP contribution in [0.15, 0.2) is 18.2 Å². The van der Waals surface area contributed by atoms with Crippen molar-refractivity contribution in [1.29, 1.82) is 0 Å². The summed E-state index contributed by atoms with van der Waals surface area (Å²) in [6.45, 7) is 1.37. The van der Waals surface area contributed by atoms with E-state index in [0.717, 1.165) is 25.1 Å². The molecule has 3 N–H and O–H groups in total. The van der Waals surface area contributed by atoms with Gasteiger partial charge in [-0.15, -0.1) is 0 Å². The van der Waals surface area contributed by atoms with Gasteiger partial charge < -0.3 is 16.0 Å². The summed E-state index contributed by atoms with van der Waals surface area (Å²) in [6.07, 6.45) is 3.28. The number of halogens is 2. The van der Waals surface area contributed by atoms with Crippen LogP contribution in [0.4, 0.5) is 19.3 Å². The molecule has 1 aromatic carbocycles. The zero-order valence-electron chi connectivity index (χ0n) is 10.5. The molecular formula is C13H17F2N3O. The molecule has 6 heteroatoms. The van der Waals surface area contributed by atoms with Gasteiger partial charge in [0.1, 0.15) is 11.6 Å². The standard InChI is InChI=1S/C13H17F2N3O/c14-9-2-5-12(11(15)8-9)18-13(19)17-7-1-6-16-10-3-4-10/h2,5,8,10,16H,1,3-4,6-7H2,(H2,17,18,19). The number of carbonyl (C=O) groups excluding carboxylic acids is 1. The van der Waals surface area contributed by atoms with Crippen LogP contribution in [-0.4, -0.2) is 25.2 Å². The SMILES string of the molecule is O=C(NCCCNC1CC1)Nc1ccc(F)cc1F. The molecule has 4 nitrogen and oxygen atoms in total. The Labute approximate surface area is 110 Å². The summed E-state index contributed by atoms with van der Waals surface area (Å²) in [7, 11) is 0. The van der Waals surface area contributed by atoms with Gasteiger partial charge in [-0.1, -0.05) is 0 Å². The van der Waals surface area contributed by atoms with E-state index in [0.29, 0.717) is 12.6 Å². The van der Waals surface area contributed by atoms with Gasteiger partial charge in [-0.2, -0.15) is 0 Å². The summed E-state index contributed by atoms with van der Waals surface area (Å²) in [5, 5.41) is 8.28. The Kier molecular flexibility index (Phi) is 4.68. The van der Waals surface area contributed by atoms with Gasteiger partial charge in [-0.05, 0) is 37.9 Å². The van der Waals surface area contributed by atoms with E-state index in [4.69, 9.17) is 0 Å². The normalized spacial score (nSPS) is 14.2. The fourth-order valence-corrected chi connectivity index (χ4v) is 1.64. The van der Waals surface area contributed by atoms with E-state index >= 15 is 0 Å². The van der Waals surface area contributed by atoms with Crippen molar-refractivity contribution in [3.8, 4) is 0 Å². The summed E-state index contributed by atoms with van der Waals surface area (Å²) in [5.74, 6) is -1.46. The molecule has 0 saturated heterocycles. The van der Waals surface area contributed by atoms with Crippen LogP contribution in [0.25, 0.3) is 0 Å². The second-order valence-corrected chi connectivity index (χ2v) is 4.59. The second-order valence-electron chi connectivity index (χ2n) is 4.59. The Morgan fingerprint density at radius 2 is 2.05 bits per heavy atom. The average molecular weight is 269 g/mol. The van der Waals surface area contributed by atoms with Crippen molar-refractivity contribution in [1.82, 2.24) is 10.6 Å². The summed E-state index contributed by atoms with van der Waals surface area (Å²) in [4.78, 5) is 11.5. The van der Waals surface area contributed by atoms with Crippen LogP contribution in [0.3, 0.4) is 0 Å². The lowest BCUT2D eigenvalue weighted by Gasteiger charge is -2.08. The first-order valence-corrected chi connectivity index (χ1v) is 6.38. The predicted octanol–water partition coefficient (Wildman–Crippen LogP) is 2.23. The molecule has 104 valence electrons. The average Bonchev–Trinajstić information content (AvgIpc) is 3.16. The molecule has 2 rings (SSSR count). The van der Waals surface area contributed by atoms with Crippen molar-refractivity contribution in [3.05, 3.63) is 29.8 Å². The minimum absolute atomic E-state index is 0.0324. The number of rotatable bonds is 6. The van der Waals surface area contributed by atoms with Gasteiger partial charge in [0, 0.05) is 18.7 Å². The Morgan fingerprint density at radius 1 is 1.26 bits per heavy atom. The summed E-state index contributed by atoms with van der Waals surface area (Å²) < 4.78 is 25.9. The van der Waals surface area contributed by atoms with Crippen LogP contribution in [0, 0.1) is 11.6 Å². The van der Waals surface area contributed by atoms with Crippen molar-refractivity contribution >= 4 is 11.7 Å². The van der Waals surface area contributed by atoms with Gasteiger partial charge in [0.15, 0.2) is 0 Å². The van der Waals surface area contributed by atoms with Crippen LogP contribution < -0.4 is 16.0 Å². The highest BCUT2D eigenvalue weighted by atomic mass is 19.1. The molecule has 0 aliphatic heterocycles. The molecule has 1 aromatic rings. The highest BCUT2D eigenvalue weighted by molar-refractivity contribution is 5.89. The van der Waals surface area contributed by atoms with Crippen LogP contribution in [-0.2, 0) is 0 Å². The van der Waals surface area contributed by atoms with E-state index in [1.165, 1.54) is 18.9 Å². The predicted molar refractivity (Wildman–Crippen MR) is 69.0 cm³/mol. The second kappa shape index (κ2) is 6.47. The van der Waals surface area contributed by atoms with Gasteiger partial charge >= 0.3 is 6.03 Å². The fourth-order valence-electron chi connectivity index (χ4n) is 1.64. The number of hydrogen-bond donors (Lipinski definition) is 3. The number of carbonyl (C=O) groups is 1. The minimum Gasteiger partial charge on any atom is -0.338 e. The summed E-state index contributed by atoms with van der Waals surface area (Å²) in [6, 6.07) is 3.19. The summed E-state index contributed by atoms with van der Waals surface area (Å²) >= 11 is 0. The van der Waals surface area contributed by atoms with Crippen molar-refractivity contribution in [3.63, 3.8) is 0 Å². The Bertz CT molecular complexity index is 450. The van der Waals surface area contributed by atoms with Crippen molar-refractivity contribution < 1.29 is 13.6 Å². The Hall–Kier alpha value is -1.69. The first-order valence-electron chi connectivity index (χ1n) is 6.38. The largest absolute Gasteiger partial charge is 0.338 e. The lowest BCUT2D eigenvalue weighted by Crippen LogP contribution is -2.31. The molecule has 1 saturated carbocycles. The van der Waals surface area contributed by atoms with E-state index in [-0.39, 0.29) is 5.69 Å². The van der Waals surface area contributed by atoms with Gasteiger partial charge in [-0.25, -0.2) is 13.6 Å². The van der Waals surface area contributed by atoms with Gasteiger partial charge in [0.25, 0.3) is 0 Å². The maximum absolute atomic E-state index is 13.3. The molecule has 1 aliphatic carbocycles. The third-order valence-electron chi connectivity index (χ3n) is 2.83. The first-order chi connectivity index (χ1) is 9.15. The minimum atomic E-state index is -0.787. The van der Waals surface area contributed by atoms with E-state index in [9.17, 15) is 13.6 Å². The molecule has 0 spiro atoms. The number of urea groups is 1. The number of nitrogens with one attached hydrogen (secondary N) is 3. The number of hydrogen-bond acceptors (Lipinski definition) is 2. The fraction of sp³-hybridized carbons (Fsp3) is 0.462. The molecule has 2 amide bonds. The highest BCUT2D eigenvalue weighted by Gasteiger charge is 2.19. The number of amides is 2. The lowest BCUT2D eigenvalue weighted by atomic mass is 10.3. The topological polar surface area (TPSA) is 53.2 Å². The lowest BCUT2D eigenvalue weighted by molar-refractivity contribution is 0.252. The zero-order chi connectivity index (χ0) is 13.7. The molecule has 0 bridgehead atoms. The molecule has 1 fully saturated rings. The van der Waals surface area contributed by atoms with Crippen LogP contribution in [0.5, 0.6) is 0 Å². The number of anilines is 1. The third kappa shape index (κ3) is 4.82. The first kappa shape index (κ1) is 13.7. The molecule has 0 unspecified atom stereocenters. The quantitative estimate of drug-likeness (QED) is 0.694. The Morgan fingerprint density at radius 3 is 2.74 bits per heavy atom. The van der Waals surface area contributed by atoms with Crippen LogP contribution in [0.2, 0.25) is 0 Å². The maximum Gasteiger partial charge on any atom is 0.319 e. The van der Waals surface area contributed by atoms with E-state index < -0.39 is 17.7 Å².